The van der Waals surface area contributed by atoms with Crippen LogP contribution in [0.4, 0.5) is 4.79 Å². The van der Waals surface area contributed by atoms with Crippen LogP contribution in [0.5, 0.6) is 0 Å². The number of carbonyl (C=O) groups is 2. The Hall–Kier alpha value is -1.26. The molecule has 2 N–H and O–H groups in total. The molecule has 1 aliphatic carbocycles. The van der Waals surface area contributed by atoms with Crippen molar-refractivity contribution in [3.05, 3.63) is 0 Å². The Morgan fingerprint density at radius 1 is 1.33 bits per heavy atom. The smallest absolute Gasteiger partial charge is 0.326 e. The molecule has 1 saturated carbocycles. The molecule has 0 aromatic carbocycles. The molecule has 1 rings (SSSR count). The highest BCUT2D eigenvalue weighted by atomic mass is 16.4. The van der Waals surface area contributed by atoms with E-state index in [1.807, 2.05) is 0 Å². The van der Waals surface area contributed by atoms with E-state index in [0.29, 0.717) is 6.54 Å². The second kappa shape index (κ2) is 6.07. The largest absolute Gasteiger partial charge is 0.480 e. The third-order valence-corrected chi connectivity index (χ3v) is 3.99. The van der Waals surface area contributed by atoms with Crippen LogP contribution < -0.4 is 5.32 Å². The monoisotopic (exact) mass is 256 g/mol. The lowest BCUT2D eigenvalue weighted by molar-refractivity contribution is -0.141. The minimum absolute atomic E-state index is 0.168. The molecular formula is C13H24N2O3. The Balaban J connectivity index is 2.42. The van der Waals surface area contributed by atoms with Crippen LogP contribution in [0, 0.1) is 5.41 Å². The number of carbonyl (C=O) groups excluding carboxylic acids is 1. The number of rotatable bonds is 4. The van der Waals surface area contributed by atoms with Gasteiger partial charge in [0, 0.05) is 13.6 Å². The van der Waals surface area contributed by atoms with Gasteiger partial charge in [-0.25, -0.2) is 9.59 Å². The van der Waals surface area contributed by atoms with Gasteiger partial charge in [-0.1, -0.05) is 26.2 Å². The van der Waals surface area contributed by atoms with E-state index in [-0.39, 0.29) is 11.4 Å². The van der Waals surface area contributed by atoms with Gasteiger partial charge in [-0.15, -0.1) is 0 Å². The first-order chi connectivity index (χ1) is 8.36. The van der Waals surface area contributed by atoms with Crippen LogP contribution in [-0.4, -0.2) is 41.6 Å². The number of nitrogens with one attached hydrogen (secondary N) is 1. The summed E-state index contributed by atoms with van der Waals surface area (Å²) >= 11 is 0. The van der Waals surface area contributed by atoms with Crippen molar-refractivity contribution in [1.82, 2.24) is 10.2 Å². The number of carboxylic acid groups (broad SMARTS) is 1. The van der Waals surface area contributed by atoms with Gasteiger partial charge in [0.05, 0.1) is 0 Å². The van der Waals surface area contributed by atoms with Crippen LogP contribution in [-0.2, 0) is 4.79 Å². The van der Waals surface area contributed by atoms with E-state index in [1.165, 1.54) is 38.1 Å². The lowest BCUT2D eigenvalue weighted by atomic mass is 9.76. The summed E-state index contributed by atoms with van der Waals surface area (Å²) in [7, 11) is 1.51. The van der Waals surface area contributed by atoms with Crippen molar-refractivity contribution in [3.8, 4) is 0 Å². The maximum Gasteiger partial charge on any atom is 0.326 e. The zero-order valence-electron chi connectivity index (χ0n) is 11.5. The number of nitrogens with zero attached hydrogens (tertiary/aromatic N) is 1. The molecule has 0 aromatic rings. The van der Waals surface area contributed by atoms with Crippen LogP contribution in [0.25, 0.3) is 0 Å². The first-order valence-corrected chi connectivity index (χ1v) is 6.59. The number of likely N-dealkylation sites (N-methyl/N-ethyl adjacent to an activating group) is 1. The SMILES string of the molecule is CC(C(=O)O)N(C)C(=O)NCC1(C)CCCCC1. The predicted molar refractivity (Wildman–Crippen MR) is 69.5 cm³/mol. The molecule has 1 atom stereocenters. The van der Waals surface area contributed by atoms with Gasteiger partial charge in [0.2, 0.25) is 0 Å². The summed E-state index contributed by atoms with van der Waals surface area (Å²) in [5, 5.41) is 11.7. The first-order valence-electron chi connectivity index (χ1n) is 6.59. The molecule has 104 valence electrons. The van der Waals surface area contributed by atoms with Crippen molar-refractivity contribution in [2.75, 3.05) is 13.6 Å². The van der Waals surface area contributed by atoms with Gasteiger partial charge in [-0.3, -0.25) is 0 Å². The molecule has 5 heteroatoms. The zero-order chi connectivity index (χ0) is 13.8. The summed E-state index contributed by atoms with van der Waals surface area (Å²) in [6, 6.07) is -1.11. The maximum atomic E-state index is 11.8. The third-order valence-electron chi connectivity index (χ3n) is 3.99. The van der Waals surface area contributed by atoms with Crippen LogP contribution in [0.3, 0.4) is 0 Å². The maximum absolute atomic E-state index is 11.8. The quantitative estimate of drug-likeness (QED) is 0.809. The van der Waals surface area contributed by atoms with E-state index in [1.54, 1.807) is 0 Å². The minimum atomic E-state index is -0.989. The molecule has 1 aliphatic rings. The normalized spacial score (nSPS) is 19.9. The van der Waals surface area contributed by atoms with E-state index < -0.39 is 12.0 Å². The molecule has 0 spiro atoms. The van der Waals surface area contributed by atoms with Gasteiger partial charge in [0.15, 0.2) is 0 Å². The molecule has 2 amide bonds. The predicted octanol–water partition coefficient (Wildman–Crippen LogP) is 2.07. The first kappa shape index (κ1) is 14.8. The van der Waals surface area contributed by atoms with E-state index >= 15 is 0 Å². The lowest BCUT2D eigenvalue weighted by Gasteiger charge is -2.34. The summed E-state index contributed by atoms with van der Waals surface area (Å²) in [4.78, 5) is 23.8. The average Bonchev–Trinajstić information content (AvgIpc) is 2.35. The second-order valence-corrected chi connectivity index (χ2v) is 5.66. The van der Waals surface area contributed by atoms with Crippen molar-refractivity contribution >= 4 is 12.0 Å². The highest BCUT2D eigenvalue weighted by Crippen LogP contribution is 2.34. The molecule has 5 nitrogen and oxygen atoms in total. The topological polar surface area (TPSA) is 69.6 Å². The molecule has 0 aromatic heterocycles. The summed E-state index contributed by atoms with van der Waals surface area (Å²) in [5.74, 6) is -0.989. The molecule has 1 fully saturated rings. The van der Waals surface area contributed by atoms with Gasteiger partial charge in [-0.2, -0.15) is 0 Å². The van der Waals surface area contributed by atoms with Crippen molar-refractivity contribution in [3.63, 3.8) is 0 Å². The number of aliphatic carboxylic acids is 1. The summed E-state index contributed by atoms with van der Waals surface area (Å²) in [6.45, 7) is 4.32. The number of amides is 2. The average molecular weight is 256 g/mol. The fourth-order valence-electron chi connectivity index (χ4n) is 2.34. The van der Waals surface area contributed by atoms with Gasteiger partial charge >= 0.3 is 12.0 Å². The van der Waals surface area contributed by atoms with E-state index in [0.717, 1.165) is 12.8 Å². The van der Waals surface area contributed by atoms with Crippen LogP contribution in [0.2, 0.25) is 0 Å². The van der Waals surface area contributed by atoms with Gasteiger partial charge in [-0.05, 0) is 25.2 Å². The minimum Gasteiger partial charge on any atom is -0.480 e. The molecule has 0 saturated heterocycles. The Kier molecular flexibility index (Phi) is 4.99. The molecule has 0 heterocycles. The molecule has 18 heavy (non-hydrogen) atoms. The standard InChI is InChI=1S/C13H24N2O3/c1-10(11(16)17)15(3)12(18)14-9-13(2)7-5-4-6-8-13/h10H,4-9H2,1-3H3,(H,14,18)(H,16,17). The Bertz CT molecular complexity index is 311. The molecule has 0 aliphatic heterocycles. The number of hydrogen-bond donors (Lipinski definition) is 2. The highest BCUT2D eigenvalue weighted by Gasteiger charge is 2.28. The van der Waals surface area contributed by atoms with Crippen LogP contribution >= 0.6 is 0 Å². The molecule has 0 bridgehead atoms. The van der Waals surface area contributed by atoms with Crippen LogP contribution in [0.1, 0.15) is 46.0 Å². The fourth-order valence-corrected chi connectivity index (χ4v) is 2.34. The van der Waals surface area contributed by atoms with E-state index in [2.05, 4.69) is 12.2 Å². The highest BCUT2D eigenvalue weighted by molar-refractivity contribution is 5.82. The summed E-state index contributed by atoms with van der Waals surface area (Å²) < 4.78 is 0. The van der Waals surface area contributed by atoms with Crippen LogP contribution in [0.15, 0.2) is 0 Å². The number of hydrogen-bond acceptors (Lipinski definition) is 2. The van der Waals surface area contributed by atoms with Crippen molar-refractivity contribution < 1.29 is 14.7 Å². The number of urea groups is 1. The van der Waals surface area contributed by atoms with Crippen molar-refractivity contribution in [1.29, 1.82) is 0 Å². The Morgan fingerprint density at radius 3 is 2.39 bits per heavy atom. The van der Waals surface area contributed by atoms with E-state index in [9.17, 15) is 9.59 Å². The van der Waals surface area contributed by atoms with E-state index in [4.69, 9.17) is 5.11 Å². The third kappa shape index (κ3) is 3.89. The summed E-state index contributed by atoms with van der Waals surface area (Å²) in [6.07, 6.45) is 5.97. The fraction of sp³-hybridized carbons (Fsp3) is 0.846. The van der Waals surface area contributed by atoms with Gasteiger partial charge in [0.1, 0.15) is 6.04 Å². The summed E-state index contributed by atoms with van der Waals surface area (Å²) in [5.41, 5.74) is 0.168. The molecule has 0 radical (unpaired) electrons. The zero-order valence-corrected chi connectivity index (χ0v) is 11.5. The van der Waals surface area contributed by atoms with Crippen molar-refractivity contribution in [2.24, 2.45) is 5.41 Å². The second-order valence-electron chi connectivity index (χ2n) is 5.66. The van der Waals surface area contributed by atoms with Crippen molar-refractivity contribution in [2.45, 2.75) is 52.0 Å². The lowest BCUT2D eigenvalue weighted by Crippen LogP contribution is -2.48. The molecule has 1 unspecified atom stereocenters. The molecular weight excluding hydrogens is 232 g/mol. The Morgan fingerprint density at radius 2 is 1.89 bits per heavy atom. The van der Waals surface area contributed by atoms with Gasteiger partial charge < -0.3 is 15.3 Å². The Labute approximate surface area is 109 Å². The number of carboxylic acids is 1. The van der Waals surface area contributed by atoms with Gasteiger partial charge in [0.25, 0.3) is 0 Å².